The number of aromatic nitrogens is 1. The maximum Gasteiger partial charge on any atom is 0.355 e. The number of sulfonamides is 1. The minimum Gasteiger partial charge on any atom is -0.451 e. The van der Waals surface area contributed by atoms with Crippen molar-refractivity contribution in [2.24, 2.45) is 0 Å². The van der Waals surface area contributed by atoms with E-state index in [1.807, 2.05) is 30.3 Å². The van der Waals surface area contributed by atoms with E-state index >= 15 is 0 Å². The zero-order chi connectivity index (χ0) is 20.0. The molecule has 0 bridgehead atoms. The molecule has 1 aliphatic rings. The second-order valence-electron chi connectivity index (χ2n) is 6.20. The molecule has 0 radical (unpaired) electrons. The van der Waals surface area contributed by atoms with Crippen molar-refractivity contribution < 1.29 is 22.7 Å². The van der Waals surface area contributed by atoms with Crippen LogP contribution in [0.1, 0.15) is 16.1 Å². The minimum atomic E-state index is -3.56. The molecule has 2 aromatic rings. The number of benzene rings is 1. The summed E-state index contributed by atoms with van der Waals surface area (Å²) >= 11 is 0. The highest BCUT2D eigenvalue weighted by Gasteiger charge is 2.27. The predicted molar refractivity (Wildman–Crippen MR) is 104 cm³/mol. The van der Waals surface area contributed by atoms with Crippen molar-refractivity contribution in [3.05, 3.63) is 65.3 Å². The number of nitrogens with one attached hydrogen (secondary N) is 1. The van der Waals surface area contributed by atoms with Crippen LogP contribution in [-0.4, -0.2) is 67.3 Å². The van der Waals surface area contributed by atoms with Gasteiger partial charge in [-0.05, 0) is 23.8 Å². The maximum absolute atomic E-state index is 12.4. The van der Waals surface area contributed by atoms with Crippen molar-refractivity contribution in [2.75, 3.05) is 32.8 Å². The van der Waals surface area contributed by atoms with Gasteiger partial charge in [-0.15, -0.1) is 0 Å². The van der Waals surface area contributed by atoms with Gasteiger partial charge in [-0.1, -0.05) is 30.3 Å². The number of rotatable bonds is 6. The quantitative estimate of drug-likeness (QED) is 0.734. The summed E-state index contributed by atoms with van der Waals surface area (Å²) in [5, 5.41) is 1.18. The van der Waals surface area contributed by atoms with Gasteiger partial charge in [0, 0.05) is 37.8 Å². The Hall–Kier alpha value is -2.91. The molecule has 1 aromatic heterocycles. The van der Waals surface area contributed by atoms with Crippen LogP contribution in [0.15, 0.2) is 54.1 Å². The van der Waals surface area contributed by atoms with Gasteiger partial charge in [0.15, 0.2) is 6.61 Å². The lowest BCUT2D eigenvalue weighted by atomic mass is 10.2. The molecule has 28 heavy (non-hydrogen) atoms. The van der Waals surface area contributed by atoms with E-state index in [4.69, 9.17) is 4.74 Å². The first-order chi connectivity index (χ1) is 13.5. The Morgan fingerprint density at radius 2 is 1.75 bits per heavy atom. The fraction of sp³-hybridized carbons (Fsp3) is 0.263. The molecular formula is C19H21N3O5S. The molecule has 2 heterocycles. The van der Waals surface area contributed by atoms with E-state index in [-0.39, 0.29) is 44.4 Å². The monoisotopic (exact) mass is 403 g/mol. The lowest BCUT2D eigenvalue weighted by Crippen LogP contribution is -2.51. The third kappa shape index (κ3) is 5.08. The first-order valence-corrected chi connectivity index (χ1v) is 10.3. The van der Waals surface area contributed by atoms with Crippen LogP contribution in [0, 0.1) is 0 Å². The fourth-order valence-corrected chi connectivity index (χ4v) is 3.93. The molecule has 1 aromatic carbocycles. The number of carbonyl (C=O) groups is 2. The largest absolute Gasteiger partial charge is 0.451 e. The Morgan fingerprint density at radius 1 is 1.04 bits per heavy atom. The van der Waals surface area contributed by atoms with E-state index in [1.54, 1.807) is 24.4 Å². The van der Waals surface area contributed by atoms with Gasteiger partial charge < -0.3 is 14.6 Å². The van der Waals surface area contributed by atoms with Crippen LogP contribution in [0.2, 0.25) is 0 Å². The highest BCUT2D eigenvalue weighted by atomic mass is 32.2. The number of piperazine rings is 1. The number of aromatic amines is 1. The second kappa shape index (κ2) is 8.85. The summed E-state index contributed by atoms with van der Waals surface area (Å²) < 4.78 is 31.2. The number of hydrogen-bond acceptors (Lipinski definition) is 5. The van der Waals surface area contributed by atoms with E-state index < -0.39 is 16.0 Å². The predicted octanol–water partition coefficient (Wildman–Crippen LogP) is 1.32. The zero-order valence-electron chi connectivity index (χ0n) is 15.2. The Bertz CT molecular complexity index is 931. The number of H-pyrrole nitrogens is 1. The Balaban J connectivity index is 1.48. The van der Waals surface area contributed by atoms with E-state index in [0.29, 0.717) is 0 Å². The molecule has 9 heteroatoms. The van der Waals surface area contributed by atoms with Crippen molar-refractivity contribution in [3.63, 3.8) is 0 Å². The lowest BCUT2D eigenvalue weighted by Gasteiger charge is -2.33. The van der Waals surface area contributed by atoms with Crippen molar-refractivity contribution >= 4 is 28.0 Å². The molecule has 1 aliphatic heterocycles. The third-order valence-electron chi connectivity index (χ3n) is 4.33. The van der Waals surface area contributed by atoms with Crippen LogP contribution in [0.25, 0.3) is 6.08 Å². The number of carbonyl (C=O) groups excluding carboxylic acids is 2. The van der Waals surface area contributed by atoms with E-state index in [0.717, 1.165) is 5.56 Å². The van der Waals surface area contributed by atoms with Crippen molar-refractivity contribution in [1.82, 2.24) is 14.2 Å². The standard InChI is InChI=1S/C19H21N3O5S/c23-18(15-27-19(24)17-7-4-9-20-17)21-10-12-22(13-11-21)28(25,26)14-8-16-5-2-1-3-6-16/h1-9,14,20H,10-13,15H2/b14-8+. The molecule has 0 atom stereocenters. The summed E-state index contributed by atoms with van der Waals surface area (Å²) in [6.45, 7) is 0.503. The normalized spacial score (nSPS) is 15.6. The zero-order valence-corrected chi connectivity index (χ0v) is 16.0. The summed E-state index contributed by atoms with van der Waals surface area (Å²) in [4.78, 5) is 28.1. The van der Waals surface area contributed by atoms with Crippen molar-refractivity contribution in [2.45, 2.75) is 0 Å². The summed E-state index contributed by atoms with van der Waals surface area (Å²) in [7, 11) is -3.56. The van der Waals surface area contributed by atoms with Crippen LogP contribution < -0.4 is 0 Å². The van der Waals surface area contributed by atoms with Gasteiger partial charge in [0.2, 0.25) is 10.0 Å². The molecule has 0 saturated carbocycles. The van der Waals surface area contributed by atoms with E-state index in [1.165, 1.54) is 14.6 Å². The van der Waals surface area contributed by atoms with Crippen molar-refractivity contribution in [1.29, 1.82) is 0 Å². The maximum atomic E-state index is 12.4. The molecule has 148 valence electrons. The molecule has 1 saturated heterocycles. The smallest absolute Gasteiger partial charge is 0.355 e. The number of amides is 1. The number of hydrogen-bond donors (Lipinski definition) is 1. The number of nitrogens with zero attached hydrogens (tertiary/aromatic N) is 2. The topological polar surface area (TPSA) is 99.8 Å². The van der Waals surface area contributed by atoms with Gasteiger partial charge in [-0.25, -0.2) is 13.2 Å². The summed E-state index contributed by atoms with van der Waals surface area (Å²) in [6, 6.07) is 12.4. The average molecular weight is 403 g/mol. The molecule has 1 N–H and O–H groups in total. The van der Waals surface area contributed by atoms with Gasteiger partial charge in [-0.2, -0.15) is 4.31 Å². The van der Waals surface area contributed by atoms with Gasteiger partial charge in [0.1, 0.15) is 5.69 Å². The summed E-state index contributed by atoms with van der Waals surface area (Å²) in [6.07, 6.45) is 3.14. The molecule has 1 fully saturated rings. The highest BCUT2D eigenvalue weighted by Crippen LogP contribution is 2.12. The molecule has 0 unspecified atom stereocenters. The van der Waals surface area contributed by atoms with Crippen LogP contribution in [0.4, 0.5) is 0 Å². The van der Waals surface area contributed by atoms with Crippen LogP contribution in [0.5, 0.6) is 0 Å². The fourth-order valence-electron chi connectivity index (χ4n) is 2.76. The molecule has 0 spiro atoms. The first-order valence-electron chi connectivity index (χ1n) is 8.77. The van der Waals surface area contributed by atoms with E-state index in [2.05, 4.69) is 4.98 Å². The average Bonchev–Trinajstić information content (AvgIpc) is 3.26. The molecular weight excluding hydrogens is 382 g/mol. The van der Waals surface area contributed by atoms with Gasteiger partial charge in [0.25, 0.3) is 5.91 Å². The molecule has 0 aliphatic carbocycles. The van der Waals surface area contributed by atoms with Crippen LogP contribution in [-0.2, 0) is 19.6 Å². The third-order valence-corrected chi connectivity index (χ3v) is 5.89. The molecule has 1 amide bonds. The second-order valence-corrected chi connectivity index (χ2v) is 8.02. The lowest BCUT2D eigenvalue weighted by molar-refractivity contribution is -0.135. The van der Waals surface area contributed by atoms with Crippen molar-refractivity contribution in [3.8, 4) is 0 Å². The summed E-state index contributed by atoms with van der Waals surface area (Å²) in [5.41, 5.74) is 1.07. The summed E-state index contributed by atoms with van der Waals surface area (Å²) in [5.74, 6) is -0.956. The number of esters is 1. The Labute approximate surface area is 163 Å². The number of ether oxygens (including phenoxy) is 1. The Kier molecular flexibility index (Phi) is 6.27. The van der Waals surface area contributed by atoms with Crippen LogP contribution >= 0.6 is 0 Å². The highest BCUT2D eigenvalue weighted by molar-refractivity contribution is 7.92. The molecule has 3 rings (SSSR count). The van der Waals surface area contributed by atoms with Gasteiger partial charge in [0.05, 0.1) is 0 Å². The first kappa shape index (κ1) is 19.8. The SMILES string of the molecule is O=C(OCC(=O)N1CCN(S(=O)(=O)/C=C/c2ccccc2)CC1)c1ccc[nH]1. The van der Waals surface area contributed by atoms with Gasteiger partial charge >= 0.3 is 5.97 Å². The minimum absolute atomic E-state index is 0.192. The Morgan fingerprint density at radius 3 is 2.39 bits per heavy atom. The van der Waals surface area contributed by atoms with Crippen LogP contribution in [0.3, 0.4) is 0 Å². The van der Waals surface area contributed by atoms with Gasteiger partial charge in [-0.3, -0.25) is 4.79 Å². The van der Waals surface area contributed by atoms with E-state index in [9.17, 15) is 18.0 Å². The molecule has 8 nitrogen and oxygen atoms in total.